The van der Waals surface area contributed by atoms with Crippen molar-refractivity contribution in [1.82, 2.24) is 4.98 Å². The zero-order chi connectivity index (χ0) is 10.7. The molecule has 1 atom stereocenters. The molecule has 0 fully saturated rings. The summed E-state index contributed by atoms with van der Waals surface area (Å²) in [6, 6.07) is 1.79. The van der Waals surface area contributed by atoms with E-state index in [0.29, 0.717) is 10.2 Å². The van der Waals surface area contributed by atoms with E-state index in [1.807, 2.05) is 6.92 Å². The van der Waals surface area contributed by atoms with Gasteiger partial charge in [-0.3, -0.25) is 0 Å². The molecule has 1 unspecified atom stereocenters. The highest BCUT2D eigenvalue weighted by Crippen LogP contribution is 2.29. The van der Waals surface area contributed by atoms with Crippen molar-refractivity contribution in [2.75, 3.05) is 7.11 Å². The van der Waals surface area contributed by atoms with Gasteiger partial charge in [0.1, 0.15) is 4.60 Å². The summed E-state index contributed by atoms with van der Waals surface area (Å²) < 4.78 is 5.19. The molecule has 0 amide bonds. The van der Waals surface area contributed by atoms with Crippen molar-refractivity contribution in [1.29, 1.82) is 0 Å². The van der Waals surface area contributed by atoms with Gasteiger partial charge in [0.05, 0.1) is 12.7 Å². The van der Waals surface area contributed by atoms with Crippen LogP contribution in [0, 0.1) is 0 Å². The Morgan fingerprint density at radius 2 is 2.29 bits per heavy atom. The zero-order valence-electron chi connectivity index (χ0n) is 7.75. The lowest BCUT2D eigenvalue weighted by Gasteiger charge is -2.10. The van der Waals surface area contributed by atoms with Gasteiger partial charge in [-0.15, -0.1) is 0 Å². The summed E-state index contributed by atoms with van der Waals surface area (Å²) in [7, 11) is 1.35. The molecule has 0 saturated carbocycles. The predicted molar refractivity (Wildman–Crippen MR) is 60.6 cm³/mol. The quantitative estimate of drug-likeness (QED) is 0.477. The summed E-state index contributed by atoms with van der Waals surface area (Å²) in [5.41, 5.74) is 1.33. The van der Waals surface area contributed by atoms with E-state index in [9.17, 15) is 4.79 Å². The third-order valence-electron chi connectivity index (χ3n) is 1.76. The minimum atomic E-state index is -0.383. The van der Waals surface area contributed by atoms with Crippen LogP contribution in [0.25, 0.3) is 0 Å². The van der Waals surface area contributed by atoms with E-state index in [-0.39, 0.29) is 10.8 Å². The van der Waals surface area contributed by atoms with Gasteiger partial charge in [-0.05, 0) is 34.5 Å². The summed E-state index contributed by atoms with van der Waals surface area (Å²) in [5, 5.41) is 0. The highest BCUT2D eigenvalue weighted by atomic mass is 79.9. The fourth-order valence-electron chi connectivity index (χ4n) is 1.09. The summed E-state index contributed by atoms with van der Waals surface area (Å²) in [6.07, 6.45) is 1.64. The molecular weight excluding hydrogens is 314 g/mol. The van der Waals surface area contributed by atoms with Crippen LogP contribution in [0.2, 0.25) is 0 Å². The maximum absolute atomic E-state index is 11.4. The number of esters is 1. The van der Waals surface area contributed by atoms with E-state index in [1.165, 1.54) is 7.11 Å². The highest BCUT2D eigenvalue weighted by Gasteiger charge is 2.18. The Kier molecular flexibility index (Phi) is 4.07. The fourth-order valence-corrected chi connectivity index (χ4v) is 1.98. The number of methoxy groups -OCH3 is 1. The monoisotopic (exact) mass is 321 g/mol. The largest absolute Gasteiger partial charge is 0.465 e. The Hall–Kier alpha value is -0.420. The predicted octanol–water partition coefficient (Wildman–Crippen LogP) is 3.09. The van der Waals surface area contributed by atoms with Gasteiger partial charge in [-0.1, -0.05) is 15.9 Å². The first-order chi connectivity index (χ1) is 6.57. The number of carbonyl (C=O) groups excluding carboxylic acids is 1. The van der Waals surface area contributed by atoms with Crippen LogP contribution >= 0.6 is 31.9 Å². The molecule has 0 aliphatic heterocycles. The average molecular weight is 323 g/mol. The Labute approximate surface area is 99.1 Å². The number of pyridine rings is 1. The van der Waals surface area contributed by atoms with Gasteiger partial charge in [0.2, 0.25) is 0 Å². The van der Waals surface area contributed by atoms with Crippen molar-refractivity contribution in [3.8, 4) is 0 Å². The summed E-state index contributed by atoms with van der Waals surface area (Å²) in [5.74, 6) is -0.383. The molecule has 0 spiro atoms. The zero-order valence-corrected chi connectivity index (χ0v) is 10.9. The lowest BCUT2D eigenvalue weighted by molar-refractivity contribution is 0.0598. The number of rotatable bonds is 2. The number of aromatic nitrogens is 1. The van der Waals surface area contributed by atoms with Crippen molar-refractivity contribution in [2.45, 2.75) is 11.8 Å². The molecule has 0 N–H and O–H groups in total. The van der Waals surface area contributed by atoms with Crippen LogP contribution in [0.5, 0.6) is 0 Å². The topological polar surface area (TPSA) is 39.2 Å². The summed E-state index contributed by atoms with van der Waals surface area (Å²) in [4.78, 5) is 15.5. The van der Waals surface area contributed by atoms with Crippen molar-refractivity contribution in [3.63, 3.8) is 0 Å². The number of alkyl halides is 1. The molecule has 1 aromatic rings. The summed E-state index contributed by atoms with van der Waals surface area (Å²) >= 11 is 6.63. The summed E-state index contributed by atoms with van der Waals surface area (Å²) in [6.45, 7) is 1.94. The number of hydrogen-bond donors (Lipinski definition) is 0. The third-order valence-corrected chi connectivity index (χ3v) is 2.85. The number of ether oxygens (including phenoxy) is 1. The fraction of sp³-hybridized carbons (Fsp3) is 0.333. The number of halogens is 2. The molecule has 0 aliphatic rings. The maximum atomic E-state index is 11.4. The normalized spacial score (nSPS) is 12.3. The highest BCUT2D eigenvalue weighted by molar-refractivity contribution is 9.10. The lowest BCUT2D eigenvalue weighted by atomic mass is 10.1. The standard InChI is InChI=1S/C9H9Br2NO2/c1-5(10)6-3-4-12-8(11)7(6)9(13)14-2/h3-5H,1-2H3. The van der Waals surface area contributed by atoms with Crippen LogP contribution in [0.15, 0.2) is 16.9 Å². The average Bonchev–Trinajstić information content (AvgIpc) is 2.16. The second-order valence-electron chi connectivity index (χ2n) is 2.67. The molecule has 0 saturated heterocycles. The first-order valence-corrected chi connectivity index (χ1v) is 5.65. The van der Waals surface area contributed by atoms with Gasteiger partial charge in [-0.2, -0.15) is 0 Å². The van der Waals surface area contributed by atoms with Crippen LogP contribution < -0.4 is 0 Å². The van der Waals surface area contributed by atoms with Crippen LogP contribution in [0.4, 0.5) is 0 Å². The van der Waals surface area contributed by atoms with E-state index in [0.717, 1.165) is 5.56 Å². The van der Waals surface area contributed by atoms with E-state index < -0.39 is 0 Å². The van der Waals surface area contributed by atoms with E-state index >= 15 is 0 Å². The molecule has 1 heterocycles. The molecule has 0 aromatic carbocycles. The van der Waals surface area contributed by atoms with Gasteiger partial charge in [-0.25, -0.2) is 9.78 Å². The van der Waals surface area contributed by atoms with Crippen molar-refractivity contribution in [2.24, 2.45) is 0 Å². The molecule has 1 aromatic heterocycles. The van der Waals surface area contributed by atoms with E-state index in [1.54, 1.807) is 12.3 Å². The Bertz CT molecular complexity index is 353. The minimum Gasteiger partial charge on any atom is -0.465 e. The van der Waals surface area contributed by atoms with Gasteiger partial charge < -0.3 is 4.74 Å². The van der Waals surface area contributed by atoms with Gasteiger partial charge >= 0.3 is 5.97 Å². The number of carbonyl (C=O) groups is 1. The maximum Gasteiger partial charge on any atom is 0.340 e. The second kappa shape index (κ2) is 4.89. The molecule has 1 rings (SSSR count). The van der Waals surface area contributed by atoms with Gasteiger partial charge in [0, 0.05) is 11.0 Å². The van der Waals surface area contributed by atoms with Crippen molar-refractivity contribution < 1.29 is 9.53 Å². The van der Waals surface area contributed by atoms with Crippen LogP contribution in [0.1, 0.15) is 27.7 Å². The van der Waals surface area contributed by atoms with E-state index in [2.05, 4.69) is 41.6 Å². The van der Waals surface area contributed by atoms with E-state index in [4.69, 9.17) is 0 Å². The number of hydrogen-bond acceptors (Lipinski definition) is 3. The third kappa shape index (κ3) is 2.33. The van der Waals surface area contributed by atoms with Gasteiger partial charge in [0.25, 0.3) is 0 Å². The molecule has 5 heteroatoms. The first-order valence-electron chi connectivity index (χ1n) is 3.94. The molecule has 0 bridgehead atoms. The van der Waals surface area contributed by atoms with Crippen LogP contribution in [-0.4, -0.2) is 18.1 Å². The molecule has 3 nitrogen and oxygen atoms in total. The molecule has 0 aliphatic carbocycles. The lowest BCUT2D eigenvalue weighted by Crippen LogP contribution is -2.08. The minimum absolute atomic E-state index is 0.0795. The molecule has 14 heavy (non-hydrogen) atoms. The molecule has 0 radical (unpaired) electrons. The Morgan fingerprint density at radius 1 is 1.64 bits per heavy atom. The van der Waals surface area contributed by atoms with Crippen molar-refractivity contribution in [3.05, 3.63) is 28.0 Å². The second-order valence-corrected chi connectivity index (χ2v) is 4.80. The van der Waals surface area contributed by atoms with Crippen molar-refractivity contribution >= 4 is 37.8 Å². The van der Waals surface area contributed by atoms with Crippen LogP contribution in [-0.2, 0) is 4.74 Å². The SMILES string of the molecule is COC(=O)c1c(C(C)Br)ccnc1Br. The Morgan fingerprint density at radius 3 is 2.79 bits per heavy atom. The Balaban J connectivity index is 3.29. The van der Waals surface area contributed by atoms with Crippen LogP contribution in [0.3, 0.4) is 0 Å². The smallest absolute Gasteiger partial charge is 0.340 e. The molecular formula is C9H9Br2NO2. The van der Waals surface area contributed by atoms with Gasteiger partial charge in [0.15, 0.2) is 0 Å². The molecule has 76 valence electrons. The number of nitrogens with zero attached hydrogens (tertiary/aromatic N) is 1. The first kappa shape index (κ1) is 11.7.